The van der Waals surface area contributed by atoms with Crippen LogP contribution in [0.15, 0.2) is 18.2 Å². The average Bonchev–Trinajstić information content (AvgIpc) is 2.39. The van der Waals surface area contributed by atoms with E-state index in [2.05, 4.69) is 18.7 Å². The molecule has 1 aliphatic rings. The highest BCUT2D eigenvalue weighted by Gasteiger charge is 2.23. The molecule has 4 nitrogen and oxygen atoms in total. The number of nitrogens with zero attached hydrogens (tertiary/aromatic N) is 1. The van der Waals surface area contributed by atoms with Gasteiger partial charge in [-0.15, -0.1) is 0 Å². The molecule has 1 heterocycles. The minimum atomic E-state index is -0.515. The Balaban J connectivity index is 1.79. The summed E-state index contributed by atoms with van der Waals surface area (Å²) in [7, 11) is 0. The maximum Gasteiger partial charge on any atom is 0.119 e. The topological polar surface area (TPSA) is 41.9 Å². The van der Waals surface area contributed by atoms with Crippen molar-refractivity contribution in [1.82, 2.24) is 4.90 Å². The van der Waals surface area contributed by atoms with Gasteiger partial charge in [0.25, 0.3) is 0 Å². The van der Waals surface area contributed by atoms with Crippen molar-refractivity contribution in [3.8, 4) is 5.75 Å². The molecule has 0 spiro atoms. The van der Waals surface area contributed by atoms with Crippen LogP contribution in [0.1, 0.15) is 19.4 Å². The predicted octanol–water partition coefficient (Wildman–Crippen LogP) is 2.50. The van der Waals surface area contributed by atoms with Crippen LogP contribution in [0.25, 0.3) is 0 Å². The van der Waals surface area contributed by atoms with Crippen molar-refractivity contribution in [1.29, 1.82) is 0 Å². The van der Waals surface area contributed by atoms with Gasteiger partial charge in [-0.3, -0.25) is 4.90 Å². The van der Waals surface area contributed by atoms with Crippen molar-refractivity contribution in [2.75, 3.05) is 26.2 Å². The summed E-state index contributed by atoms with van der Waals surface area (Å²) in [5.74, 6) is 0.736. The molecule has 1 fully saturated rings. The summed E-state index contributed by atoms with van der Waals surface area (Å²) >= 11 is 5.98. The molecule has 1 N–H and O–H groups in total. The van der Waals surface area contributed by atoms with E-state index in [-0.39, 0.29) is 18.8 Å². The number of ether oxygens (including phenoxy) is 2. The average molecular weight is 314 g/mol. The Morgan fingerprint density at radius 2 is 2.05 bits per heavy atom. The summed E-state index contributed by atoms with van der Waals surface area (Å²) in [5, 5.41) is 10.8. The van der Waals surface area contributed by atoms with E-state index in [1.54, 1.807) is 0 Å². The lowest BCUT2D eigenvalue weighted by molar-refractivity contribution is -0.0786. The molecule has 1 aromatic carbocycles. The van der Waals surface area contributed by atoms with Crippen molar-refractivity contribution in [2.24, 2.45) is 0 Å². The lowest BCUT2D eigenvalue weighted by Gasteiger charge is -2.36. The first-order chi connectivity index (χ1) is 9.94. The molecule has 118 valence electrons. The number of aryl methyl sites for hydroxylation is 1. The van der Waals surface area contributed by atoms with Gasteiger partial charge in [0.05, 0.1) is 12.2 Å². The van der Waals surface area contributed by atoms with Gasteiger partial charge in [-0.05, 0) is 44.5 Å². The van der Waals surface area contributed by atoms with E-state index in [1.807, 2.05) is 25.1 Å². The monoisotopic (exact) mass is 313 g/mol. The molecule has 0 aliphatic carbocycles. The van der Waals surface area contributed by atoms with Crippen LogP contribution < -0.4 is 4.74 Å². The minimum Gasteiger partial charge on any atom is -0.491 e. The molecule has 0 amide bonds. The first-order valence-electron chi connectivity index (χ1n) is 7.39. The molecule has 1 saturated heterocycles. The van der Waals surface area contributed by atoms with Crippen molar-refractivity contribution in [3.63, 3.8) is 0 Å². The fraction of sp³-hybridized carbons (Fsp3) is 0.625. The third-order valence-electron chi connectivity index (χ3n) is 3.54. The second-order valence-corrected chi connectivity index (χ2v) is 6.26. The summed E-state index contributed by atoms with van der Waals surface area (Å²) < 4.78 is 11.3. The van der Waals surface area contributed by atoms with E-state index in [4.69, 9.17) is 21.1 Å². The standard InChI is InChI=1S/C16H24ClNO3/c1-11-6-15(4-5-16(11)17)20-10-14(19)9-18-7-12(2)21-13(3)8-18/h4-6,12-14,19H,7-10H2,1-3H3/t12-,13-,14+/m1/s1. The SMILES string of the molecule is Cc1cc(OC[C@@H](O)CN2C[C@@H](C)O[C@H](C)C2)ccc1Cl. The van der Waals surface area contributed by atoms with Gasteiger partial charge in [0.2, 0.25) is 0 Å². The number of β-amino-alcohol motifs (C(OH)–C–C–N with tert-alkyl or cyclic N) is 1. The summed E-state index contributed by atoms with van der Waals surface area (Å²) in [6, 6.07) is 5.51. The zero-order chi connectivity index (χ0) is 15.4. The van der Waals surface area contributed by atoms with Crippen LogP contribution in [0.2, 0.25) is 5.02 Å². The van der Waals surface area contributed by atoms with E-state index in [0.717, 1.165) is 29.4 Å². The Kier molecular flexibility index (Phi) is 5.88. The van der Waals surface area contributed by atoms with Crippen molar-refractivity contribution >= 4 is 11.6 Å². The molecule has 0 saturated carbocycles. The van der Waals surface area contributed by atoms with E-state index >= 15 is 0 Å². The summed E-state index contributed by atoms with van der Waals surface area (Å²) in [4.78, 5) is 2.22. The van der Waals surface area contributed by atoms with E-state index < -0.39 is 6.10 Å². The smallest absolute Gasteiger partial charge is 0.119 e. The third-order valence-corrected chi connectivity index (χ3v) is 3.96. The normalized spacial score (nSPS) is 24.8. The molecule has 0 radical (unpaired) electrons. The summed E-state index contributed by atoms with van der Waals surface area (Å²) in [6.45, 7) is 8.63. The van der Waals surface area contributed by atoms with Crippen LogP contribution in [-0.2, 0) is 4.74 Å². The highest BCUT2D eigenvalue weighted by molar-refractivity contribution is 6.31. The lowest BCUT2D eigenvalue weighted by Crippen LogP contribution is -2.48. The summed E-state index contributed by atoms with van der Waals surface area (Å²) in [6.07, 6.45) is -0.0972. The van der Waals surface area contributed by atoms with Gasteiger partial charge in [-0.25, -0.2) is 0 Å². The number of aliphatic hydroxyl groups is 1. The molecule has 2 rings (SSSR count). The molecule has 21 heavy (non-hydrogen) atoms. The largest absolute Gasteiger partial charge is 0.491 e. The van der Waals surface area contributed by atoms with Crippen LogP contribution in [0.5, 0.6) is 5.75 Å². The number of benzene rings is 1. The zero-order valence-electron chi connectivity index (χ0n) is 12.9. The number of rotatable bonds is 5. The lowest BCUT2D eigenvalue weighted by atomic mass is 10.2. The number of aliphatic hydroxyl groups excluding tert-OH is 1. The molecule has 1 aliphatic heterocycles. The summed E-state index contributed by atoms with van der Waals surface area (Å²) in [5.41, 5.74) is 0.972. The highest BCUT2D eigenvalue weighted by Crippen LogP contribution is 2.21. The molecule has 0 unspecified atom stereocenters. The Labute approximate surface area is 131 Å². The fourth-order valence-corrected chi connectivity index (χ4v) is 2.80. The molecule has 0 aromatic heterocycles. The number of morpholine rings is 1. The Morgan fingerprint density at radius 1 is 1.38 bits per heavy atom. The van der Waals surface area contributed by atoms with E-state index in [9.17, 15) is 5.11 Å². The van der Waals surface area contributed by atoms with Crippen LogP contribution in [0.4, 0.5) is 0 Å². The van der Waals surface area contributed by atoms with Gasteiger partial charge in [0, 0.05) is 24.7 Å². The molecule has 3 atom stereocenters. The second kappa shape index (κ2) is 7.45. The second-order valence-electron chi connectivity index (χ2n) is 5.85. The highest BCUT2D eigenvalue weighted by atomic mass is 35.5. The maximum absolute atomic E-state index is 10.1. The van der Waals surface area contributed by atoms with Gasteiger partial charge >= 0.3 is 0 Å². The number of hydrogen-bond donors (Lipinski definition) is 1. The van der Waals surface area contributed by atoms with Gasteiger partial charge in [0.15, 0.2) is 0 Å². The number of halogens is 1. The van der Waals surface area contributed by atoms with Gasteiger partial charge in [-0.1, -0.05) is 11.6 Å². The quantitative estimate of drug-likeness (QED) is 0.907. The zero-order valence-corrected chi connectivity index (χ0v) is 13.6. The first kappa shape index (κ1) is 16.6. The van der Waals surface area contributed by atoms with Crippen LogP contribution >= 0.6 is 11.6 Å². The molecule has 5 heteroatoms. The molecule has 1 aromatic rings. The Hall–Kier alpha value is -0.810. The van der Waals surface area contributed by atoms with Crippen molar-refractivity contribution in [3.05, 3.63) is 28.8 Å². The van der Waals surface area contributed by atoms with Crippen LogP contribution in [0, 0.1) is 6.92 Å². The Bertz CT molecular complexity index is 459. The molecular weight excluding hydrogens is 290 g/mol. The van der Waals surface area contributed by atoms with Gasteiger partial charge < -0.3 is 14.6 Å². The van der Waals surface area contributed by atoms with E-state index in [1.165, 1.54) is 0 Å². The third kappa shape index (κ3) is 5.15. The molecule has 0 bridgehead atoms. The van der Waals surface area contributed by atoms with Gasteiger partial charge in [0.1, 0.15) is 18.5 Å². The fourth-order valence-electron chi connectivity index (χ4n) is 2.68. The predicted molar refractivity (Wildman–Crippen MR) is 84.1 cm³/mol. The molecular formula is C16H24ClNO3. The van der Waals surface area contributed by atoms with Crippen LogP contribution in [-0.4, -0.2) is 54.6 Å². The number of hydrogen-bond acceptors (Lipinski definition) is 4. The maximum atomic E-state index is 10.1. The van der Waals surface area contributed by atoms with E-state index in [0.29, 0.717) is 6.54 Å². The van der Waals surface area contributed by atoms with Crippen molar-refractivity contribution in [2.45, 2.75) is 39.1 Å². The first-order valence-corrected chi connectivity index (χ1v) is 7.76. The Morgan fingerprint density at radius 3 is 2.67 bits per heavy atom. The van der Waals surface area contributed by atoms with Gasteiger partial charge in [-0.2, -0.15) is 0 Å². The van der Waals surface area contributed by atoms with Crippen molar-refractivity contribution < 1.29 is 14.6 Å². The minimum absolute atomic E-state index is 0.209. The van der Waals surface area contributed by atoms with Crippen LogP contribution in [0.3, 0.4) is 0 Å².